The van der Waals surface area contributed by atoms with Crippen LogP contribution in [0.5, 0.6) is 11.5 Å². The van der Waals surface area contributed by atoms with Crippen LogP contribution >= 0.6 is 15.9 Å². The Bertz CT molecular complexity index is 444. The molecule has 1 aromatic carbocycles. The van der Waals surface area contributed by atoms with E-state index in [0.29, 0.717) is 15.8 Å². The Kier molecular flexibility index (Phi) is 4.46. The summed E-state index contributed by atoms with van der Waals surface area (Å²) < 4.78 is 23.8. The summed E-state index contributed by atoms with van der Waals surface area (Å²) in [6.45, 7) is 0.00614. The molecule has 0 atom stereocenters. The largest absolute Gasteiger partial charge is 0.495 e. The Morgan fingerprint density at radius 2 is 2.06 bits per heavy atom. The second-order valence-corrected chi connectivity index (χ2v) is 3.60. The van der Waals surface area contributed by atoms with E-state index in [1.807, 2.05) is 0 Å². The Morgan fingerprint density at radius 3 is 2.56 bits per heavy atom. The van der Waals surface area contributed by atoms with Gasteiger partial charge in [0.15, 0.2) is 11.6 Å². The first-order chi connectivity index (χ1) is 7.65. The highest BCUT2D eigenvalue weighted by molar-refractivity contribution is 9.10. The van der Waals surface area contributed by atoms with Gasteiger partial charge in [0.2, 0.25) is 6.08 Å². The van der Waals surface area contributed by atoms with Gasteiger partial charge in [-0.2, -0.15) is 0 Å². The molecule has 0 fully saturated rings. The number of benzene rings is 1. The maximum Gasteiger partial charge on any atom is 0.235 e. The molecule has 6 heteroatoms. The summed E-state index contributed by atoms with van der Waals surface area (Å²) in [5.74, 6) is -0.112. The molecule has 0 radical (unpaired) electrons. The third-order valence-corrected chi connectivity index (χ3v) is 2.65. The van der Waals surface area contributed by atoms with Crippen LogP contribution in [0.1, 0.15) is 5.56 Å². The van der Waals surface area contributed by atoms with Gasteiger partial charge in [-0.25, -0.2) is 14.2 Å². The minimum atomic E-state index is -0.550. The number of hydrogen-bond acceptors (Lipinski definition) is 4. The fourth-order valence-electron chi connectivity index (χ4n) is 1.28. The number of halogens is 2. The summed E-state index contributed by atoms with van der Waals surface area (Å²) in [5, 5.41) is 0. The van der Waals surface area contributed by atoms with Crippen LogP contribution < -0.4 is 9.47 Å². The highest BCUT2D eigenvalue weighted by Crippen LogP contribution is 2.39. The minimum Gasteiger partial charge on any atom is -0.495 e. The van der Waals surface area contributed by atoms with Crippen LogP contribution in [0.2, 0.25) is 0 Å². The number of hydrogen-bond donors (Lipinski definition) is 0. The Balaban J connectivity index is 3.33. The fourth-order valence-corrected chi connectivity index (χ4v) is 2.04. The monoisotopic (exact) mass is 289 g/mol. The topological polar surface area (TPSA) is 47.9 Å². The third kappa shape index (κ3) is 2.40. The van der Waals surface area contributed by atoms with E-state index in [1.165, 1.54) is 26.4 Å². The summed E-state index contributed by atoms with van der Waals surface area (Å²) in [6, 6.07) is 1.21. The first-order valence-electron chi connectivity index (χ1n) is 4.28. The van der Waals surface area contributed by atoms with Gasteiger partial charge in [0.05, 0.1) is 20.8 Å². The van der Waals surface area contributed by atoms with Crippen molar-refractivity contribution in [2.45, 2.75) is 6.54 Å². The lowest BCUT2D eigenvalue weighted by Gasteiger charge is -2.12. The zero-order valence-corrected chi connectivity index (χ0v) is 10.3. The number of aliphatic imine (C=N–C) groups is 1. The first kappa shape index (κ1) is 12.7. The molecule has 0 aliphatic rings. The van der Waals surface area contributed by atoms with E-state index in [2.05, 4.69) is 20.9 Å². The Labute approximate surface area is 100 Å². The van der Waals surface area contributed by atoms with Gasteiger partial charge in [0.25, 0.3) is 0 Å². The van der Waals surface area contributed by atoms with Crippen LogP contribution in [0.4, 0.5) is 4.39 Å². The van der Waals surface area contributed by atoms with Crippen LogP contribution in [0.25, 0.3) is 0 Å². The standard InChI is InChI=1S/C10H9BrFNO3/c1-15-9-6(4-13-5-14)3-7(12)10(16-2)8(9)11/h3H,4H2,1-2H3. The zero-order valence-electron chi connectivity index (χ0n) is 8.71. The van der Waals surface area contributed by atoms with Gasteiger partial charge in [0.1, 0.15) is 10.2 Å². The Hall–Kier alpha value is -1.39. The summed E-state index contributed by atoms with van der Waals surface area (Å²) in [7, 11) is 2.79. The molecular formula is C10H9BrFNO3. The molecule has 0 unspecified atom stereocenters. The summed E-state index contributed by atoms with van der Waals surface area (Å²) in [5.41, 5.74) is 0.441. The second kappa shape index (κ2) is 5.63. The fraction of sp³-hybridized carbons (Fsp3) is 0.300. The van der Waals surface area contributed by atoms with E-state index in [0.717, 1.165) is 0 Å². The van der Waals surface area contributed by atoms with E-state index >= 15 is 0 Å². The van der Waals surface area contributed by atoms with Crippen LogP contribution in [0, 0.1) is 5.82 Å². The smallest absolute Gasteiger partial charge is 0.235 e. The van der Waals surface area contributed by atoms with Gasteiger partial charge in [-0.05, 0) is 22.0 Å². The lowest BCUT2D eigenvalue weighted by Crippen LogP contribution is -1.98. The molecule has 0 spiro atoms. The van der Waals surface area contributed by atoms with E-state index in [-0.39, 0.29) is 12.3 Å². The van der Waals surface area contributed by atoms with Crippen molar-refractivity contribution in [3.05, 3.63) is 21.9 Å². The number of isocyanates is 1. The lowest BCUT2D eigenvalue weighted by atomic mass is 10.2. The number of carbonyl (C=O) groups excluding carboxylic acids is 1. The molecule has 16 heavy (non-hydrogen) atoms. The molecule has 0 saturated carbocycles. The van der Waals surface area contributed by atoms with Gasteiger partial charge in [-0.1, -0.05) is 0 Å². The molecule has 1 rings (SSSR count). The van der Waals surface area contributed by atoms with E-state index in [9.17, 15) is 9.18 Å². The molecule has 1 aromatic rings. The maximum absolute atomic E-state index is 13.5. The van der Waals surface area contributed by atoms with Crippen LogP contribution in [-0.4, -0.2) is 20.3 Å². The van der Waals surface area contributed by atoms with E-state index in [4.69, 9.17) is 9.47 Å². The second-order valence-electron chi connectivity index (χ2n) is 2.81. The number of methoxy groups -OCH3 is 2. The van der Waals surface area contributed by atoms with Crippen LogP contribution in [0.15, 0.2) is 15.5 Å². The normalized spacial score (nSPS) is 9.50. The predicted octanol–water partition coefficient (Wildman–Crippen LogP) is 2.44. The van der Waals surface area contributed by atoms with E-state index < -0.39 is 5.82 Å². The van der Waals surface area contributed by atoms with Crippen LogP contribution in [-0.2, 0) is 11.3 Å². The van der Waals surface area contributed by atoms with Crippen molar-refractivity contribution in [1.29, 1.82) is 0 Å². The van der Waals surface area contributed by atoms with Crippen molar-refractivity contribution in [2.75, 3.05) is 14.2 Å². The van der Waals surface area contributed by atoms with Gasteiger partial charge < -0.3 is 9.47 Å². The Morgan fingerprint density at radius 1 is 1.44 bits per heavy atom. The number of rotatable bonds is 4. The molecule has 0 heterocycles. The van der Waals surface area contributed by atoms with Crippen LogP contribution in [0.3, 0.4) is 0 Å². The molecule has 4 nitrogen and oxygen atoms in total. The molecule has 0 N–H and O–H groups in total. The molecular weight excluding hydrogens is 281 g/mol. The van der Waals surface area contributed by atoms with Crippen molar-refractivity contribution in [3.8, 4) is 11.5 Å². The predicted molar refractivity (Wildman–Crippen MR) is 59.0 cm³/mol. The molecule has 0 aliphatic heterocycles. The van der Waals surface area contributed by atoms with Gasteiger partial charge in [-0.15, -0.1) is 0 Å². The van der Waals surface area contributed by atoms with E-state index in [1.54, 1.807) is 0 Å². The SMILES string of the molecule is COc1c(F)cc(CN=C=O)c(OC)c1Br. The number of nitrogens with zero attached hydrogens (tertiary/aromatic N) is 1. The van der Waals surface area contributed by atoms with Gasteiger partial charge in [-0.3, -0.25) is 0 Å². The highest BCUT2D eigenvalue weighted by Gasteiger charge is 2.17. The first-order valence-corrected chi connectivity index (χ1v) is 5.07. The molecule has 0 aliphatic carbocycles. The summed E-state index contributed by atoms with van der Waals surface area (Å²) >= 11 is 3.16. The van der Waals surface area contributed by atoms with Crippen molar-refractivity contribution in [2.24, 2.45) is 4.99 Å². The van der Waals surface area contributed by atoms with Crippen molar-refractivity contribution in [3.63, 3.8) is 0 Å². The summed E-state index contributed by atoms with van der Waals surface area (Å²) in [4.78, 5) is 13.4. The minimum absolute atomic E-state index is 0.00614. The third-order valence-electron chi connectivity index (χ3n) is 1.93. The molecule has 0 saturated heterocycles. The average Bonchev–Trinajstić information content (AvgIpc) is 2.26. The molecule has 0 aromatic heterocycles. The van der Waals surface area contributed by atoms with Gasteiger partial charge >= 0.3 is 0 Å². The quantitative estimate of drug-likeness (QED) is 0.632. The molecule has 0 amide bonds. The zero-order chi connectivity index (χ0) is 12.1. The number of ether oxygens (including phenoxy) is 2. The van der Waals surface area contributed by atoms with Crippen molar-refractivity contribution >= 4 is 22.0 Å². The molecule has 0 bridgehead atoms. The van der Waals surface area contributed by atoms with Crippen molar-refractivity contribution in [1.82, 2.24) is 0 Å². The maximum atomic E-state index is 13.5. The summed E-state index contributed by atoms with van der Waals surface area (Å²) in [6.07, 6.45) is 1.39. The van der Waals surface area contributed by atoms with Crippen molar-refractivity contribution < 1.29 is 18.7 Å². The van der Waals surface area contributed by atoms with Gasteiger partial charge in [0, 0.05) is 5.56 Å². The highest BCUT2D eigenvalue weighted by atomic mass is 79.9. The lowest BCUT2D eigenvalue weighted by molar-refractivity contribution is 0.367. The molecule has 86 valence electrons. The average molecular weight is 290 g/mol.